The number of nitrogens with two attached hydrogens (primary N) is 3. The smallest absolute Gasteiger partial charge is 0.326 e. The number of aliphatic carboxylic acids is 1. The third-order valence-electron chi connectivity index (χ3n) is 6.82. The minimum Gasteiger partial charge on any atom is -0.508 e. The molecule has 0 fully saturated rings. The van der Waals surface area contributed by atoms with Crippen molar-refractivity contribution < 1.29 is 29.4 Å². The third kappa shape index (κ3) is 11.6. The Bertz CT molecular complexity index is 1430. The maximum absolute atomic E-state index is 13.6. The summed E-state index contributed by atoms with van der Waals surface area (Å²) in [7, 11) is 0. The SMILES string of the molecule is NC(N)=NCCCC(N)C(=O)NC(Cc1cnc[nH]1)C(=O)NC(Cc1ccc(O)cc1)C(=O)NC(Cc1ccccc1)C(=O)O. The van der Waals surface area contributed by atoms with Crippen LogP contribution in [0.25, 0.3) is 0 Å². The van der Waals surface area contributed by atoms with Gasteiger partial charge in [0.2, 0.25) is 17.7 Å². The zero-order valence-corrected chi connectivity index (χ0v) is 24.6. The van der Waals surface area contributed by atoms with E-state index >= 15 is 0 Å². The lowest BCUT2D eigenvalue weighted by Crippen LogP contribution is -2.58. The largest absolute Gasteiger partial charge is 0.508 e. The number of aromatic hydroxyl groups is 1. The number of hydrogen-bond acceptors (Lipinski definition) is 8. The van der Waals surface area contributed by atoms with E-state index in [9.17, 15) is 29.4 Å². The van der Waals surface area contributed by atoms with E-state index in [1.165, 1.54) is 24.7 Å². The highest BCUT2D eigenvalue weighted by Gasteiger charge is 2.31. The standard InChI is InChI=1S/C30H39N9O6/c31-22(7-4-12-35-30(32)33)26(41)37-24(15-20-16-34-17-36-20)28(43)38-23(13-19-8-10-21(40)11-9-19)27(42)39-25(29(44)45)14-18-5-2-1-3-6-18/h1-3,5-6,8-11,16-17,22-25,40H,4,7,12-15,31H2,(H,34,36)(H,37,41)(H,38,43)(H,39,42)(H,44,45)(H4,32,33,35). The van der Waals surface area contributed by atoms with Gasteiger partial charge in [0.05, 0.1) is 12.4 Å². The quantitative estimate of drug-likeness (QED) is 0.0507. The number of rotatable bonds is 17. The number of guanidine groups is 1. The van der Waals surface area contributed by atoms with Crippen LogP contribution in [0.1, 0.15) is 29.7 Å². The fourth-order valence-corrected chi connectivity index (χ4v) is 4.43. The molecule has 1 heterocycles. The molecule has 2 aromatic carbocycles. The van der Waals surface area contributed by atoms with Crippen LogP contribution in [0.4, 0.5) is 0 Å². The van der Waals surface area contributed by atoms with Gasteiger partial charge in [-0.1, -0.05) is 42.5 Å². The van der Waals surface area contributed by atoms with Gasteiger partial charge in [-0.3, -0.25) is 19.4 Å². The number of carbonyl (C=O) groups excluding carboxylic acids is 3. The first-order chi connectivity index (χ1) is 21.5. The van der Waals surface area contributed by atoms with Crippen LogP contribution in [0.5, 0.6) is 5.75 Å². The third-order valence-corrected chi connectivity index (χ3v) is 6.82. The number of aliphatic imine (C=N–C) groups is 1. The second-order valence-electron chi connectivity index (χ2n) is 10.4. The summed E-state index contributed by atoms with van der Waals surface area (Å²) < 4.78 is 0. The minimum absolute atomic E-state index is 0.00238. The van der Waals surface area contributed by atoms with Crippen LogP contribution in [-0.4, -0.2) is 80.5 Å². The molecule has 4 unspecified atom stereocenters. The number of nitrogens with one attached hydrogen (secondary N) is 4. The summed E-state index contributed by atoms with van der Waals surface area (Å²) in [5, 5.41) is 27.4. The molecule has 0 aliphatic rings. The fraction of sp³-hybridized carbons (Fsp3) is 0.333. The van der Waals surface area contributed by atoms with Crippen LogP contribution in [0, 0.1) is 0 Å². The summed E-state index contributed by atoms with van der Waals surface area (Å²) in [5.41, 5.74) is 18.5. The Kier molecular flexibility index (Phi) is 12.9. The molecule has 45 heavy (non-hydrogen) atoms. The average molecular weight is 622 g/mol. The van der Waals surface area contributed by atoms with Crippen molar-refractivity contribution in [2.75, 3.05) is 6.54 Å². The van der Waals surface area contributed by atoms with E-state index in [1.807, 2.05) is 0 Å². The molecule has 15 nitrogen and oxygen atoms in total. The summed E-state index contributed by atoms with van der Waals surface area (Å²) >= 11 is 0. The zero-order chi connectivity index (χ0) is 32.8. The summed E-state index contributed by atoms with van der Waals surface area (Å²) in [4.78, 5) is 62.9. The molecular weight excluding hydrogens is 582 g/mol. The molecule has 0 aliphatic heterocycles. The number of hydrogen-bond donors (Lipinski definition) is 9. The number of carboxylic acids is 1. The number of phenols is 1. The molecule has 0 radical (unpaired) electrons. The maximum Gasteiger partial charge on any atom is 0.326 e. The first kappa shape index (κ1) is 34.1. The number of benzene rings is 2. The molecule has 3 amide bonds. The highest BCUT2D eigenvalue weighted by Crippen LogP contribution is 2.13. The van der Waals surface area contributed by atoms with Gasteiger partial charge in [0, 0.05) is 37.7 Å². The molecule has 0 saturated carbocycles. The maximum atomic E-state index is 13.6. The van der Waals surface area contributed by atoms with Crippen molar-refractivity contribution in [2.45, 2.75) is 56.3 Å². The topological polar surface area (TPSA) is 264 Å². The van der Waals surface area contributed by atoms with E-state index in [2.05, 4.69) is 30.9 Å². The minimum atomic E-state index is -1.28. The predicted molar refractivity (Wildman–Crippen MR) is 166 cm³/mol. The van der Waals surface area contributed by atoms with Crippen molar-refractivity contribution in [3.63, 3.8) is 0 Å². The second-order valence-corrected chi connectivity index (χ2v) is 10.4. The first-order valence-electron chi connectivity index (χ1n) is 14.3. The Balaban J connectivity index is 1.79. The second kappa shape index (κ2) is 17.0. The van der Waals surface area contributed by atoms with Gasteiger partial charge < -0.3 is 48.3 Å². The lowest BCUT2D eigenvalue weighted by atomic mass is 10.0. The molecule has 240 valence electrons. The number of imidazole rings is 1. The molecule has 0 saturated heterocycles. The molecule has 0 aliphatic carbocycles. The molecule has 4 atom stereocenters. The van der Waals surface area contributed by atoms with Gasteiger partial charge in [-0.25, -0.2) is 9.78 Å². The average Bonchev–Trinajstić information content (AvgIpc) is 3.52. The lowest BCUT2D eigenvalue weighted by molar-refractivity contribution is -0.142. The highest BCUT2D eigenvalue weighted by atomic mass is 16.4. The number of nitrogens with zero attached hydrogens (tertiary/aromatic N) is 2. The number of carbonyl (C=O) groups is 4. The van der Waals surface area contributed by atoms with E-state index in [-0.39, 0.29) is 43.9 Å². The van der Waals surface area contributed by atoms with Crippen LogP contribution in [0.2, 0.25) is 0 Å². The van der Waals surface area contributed by atoms with E-state index in [1.54, 1.807) is 42.5 Å². The summed E-state index contributed by atoms with van der Waals surface area (Å²) in [6.45, 7) is 0.275. The van der Waals surface area contributed by atoms with Gasteiger partial charge in [-0.15, -0.1) is 0 Å². The number of aromatic amines is 1. The van der Waals surface area contributed by atoms with Gasteiger partial charge >= 0.3 is 5.97 Å². The Morgan fingerprint density at radius 2 is 1.40 bits per heavy atom. The van der Waals surface area contributed by atoms with Crippen LogP contribution in [0.3, 0.4) is 0 Å². The Labute approximate surface area is 259 Å². The van der Waals surface area contributed by atoms with Crippen molar-refractivity contribution in [2.24, 2.45) is 22.2 Å². The number of H-pyrrole nitrogens is 1. The predicted octanol–water partition coefficient (Wildman–Crippen LogP) is -0.937. The van der Waals surface area contributed by atoms with E-state index in [4.69, 9.17) is 17.2 Å². The molecule has 3 aromatic rings. The highest BCUT2D eigenvalue weighted by molar-refractivity contribution is 5.94. The molecule has 0 bridgehead atoms. The Morgan fingerprint density at radius 3 is 2.00 bits per heavy atom. The van der Waals surface area contributed by atoms with Crippen molar-refractivity contribution >= 4 is 29.7 Å². The van der Waals surface area contributed by atoms with Crippen LogP contribution in [-0.2, 0) is 38.4 Å². The van der Waals surface area contributed by atoms with E-state index in [0.29, 0.717) is 23.2 Å². The van der Waals surface area contributed by atoms with Gasteiger partial charge in [0.1, 0.15) is 23.9 Å². The normalized spacial score (nSPS) is 13.4. The van der Waals surface area contributed by atoms with Crippen LogP contribution >= 0.6 is 0 Å². The number of amides is 3. The molecule has 15 heteroatoms. The zero-order valence-electron chi connectivity index (χ0n) is 24.6. The molecule has 1 aromatic heterocycles. The van der Waals surface area contributed by atoms with E-state index < -0.39 is 47.9 Å². The van der Waals surface area contributed by atoms with Gasteiger partial charge in [0.25, 0.3) is 0 Å². The summed E-state index contributed by atoms with van der Waals surface area (Å²) in [6.07, 6.45) is 3.55. The Hall–Kier alpha value is -5.44. The summed E-state index contributed by atoms with van der Waals surface area (Å²) in [6, 6.07) is 10.1. The van der Waals surface area contributed by atoms with Crippen molar-refractivity contribution in [1.82, 2.24) is 25.9 Å². The molecular formula is C30H39N9O6. The Morgan fingerprint density at radius 1 is 0.822 bits per heavy atom. The fourth-order valence-electron chi connectivity index (χ4n) is 4.43. The van der Waals surface area contributed by atoms with E-state index in [0.717, 1.165) is 0 Å². The van der Waals surface area contributed by atoms with Gasteiger partial charge in [-0.05, 0) is 36.1 Å². The number of carboxylic acid groups (broad SMARTS) is 1. The van der Waals surface area contributed by atoms with Crippen LogP contribution < -0.4 is 33.2 Å². The van der Waals surface area contributed by atoms with Crippen molar-refractivity contribution in [3.8, 4) is 5.75 Å². The number of aromatic nitrogens is 2. The molecule has 0 spiro atoms. The monoisotopic (exact) mass is 621 g/mol. The van der Waals surface area contributed by atoms with Gasteiger partial charge in [-0.2, -0.15) is 0 Å². The molecule has 12 N–H and O–H groups in total. The summed E-state index contributed by atoms with van der Waals surface area (Å²) in [5.74, 6) is -3.38. The van der Waals surface area contributed by atoms with Crippen molar-refractivity contribution in [1.29, 1.82) is 0 Å². The van der Waals surface area contributed by atoms with Crippen LogP contribution in [0.15, 0.2) is 72.1 Å². The van der Waals surface area contributed by atoms with Gasteiger partial charge in [0.15, 0.2) is 5.96 Å². The number of phenolic OH excluding ortho intramolecular Hbond substituents is 1. The lowest BCUT2D eigenvalue weighted by Gasteiger charge is -2.25. The van der Waals surface area contributed by atoms with Crippen molar-refractivity contribution in [3.05, 3.63) is 83.9 Å². The molecule has 3 rings (SSSR count). The first-order valence-corrected chi connectivity index (χ1v) is 14.3.